The monoisotopic (exact) mass is 648 g/mol. The lowest BCUT2D eigenvalue weighted by Crippen LogP contribution is -2.46. The molecule has 0 aliphatic carbocycles. The van der Waals surface area contributed by atoms with E-state index in [1.807, 2.05) is 0 Å². The third-order valence-corrected chi connectivity index (χ3v) is 9.33. The van der Waals surface area contributed by atoms with Crippen molar-refractivity contribution in [2.45, 2.75) is 219 Å². The molecular weight excluding hydrogens is 573 g/mol. The standard InChI is InChI=1S/C36H74NO6P/c1-3-5-7-9-11-13-15-16-17-18-19-20-22-23-25-27-29-31-35(38)34(33-43-44(40,41)42)37-36(39)32-30-28-26-24-21-14-12-10-8-6-4-2/h34-35,38H,3-33H2,1-2H3,(H,37,39)(H2,40,41,42)/t34-,35+/m0/s1. The SMILES string of the molecule is CCCCCCCCCCCCCCCCCCC[C@@H](O)[C@H](COP(=O)(O)O)NC(=O)CCCCCCCCCCCCC. The third-order valence-electron chi connectivity index (χ3n) is 8.84. The van der Waals surface area contributed by atoms with Gasteiger partial charge in [-0.05, 0) is 12.8 Å². The zero-order valence-corrected chi connectivity index (χ0v) is 30.0. The first-order valence-corrected chi connectivity index (χ1v) is 20.5. The van der Waals surface area contributed by atoms with Crippen LogP contribution in [-0.2, 0) is 13.9 Å². The third kappa shape index (κ3) is 32.9. The average Bonchev–Trinajstić information content (AvgIpc) is 2.99. The number of aliphatic hydroxyl groups is 1. The smallest absolute Gasteiger partial charge is 0.391 e. The molecule has 0 aliphatic heterocycles. The zero-order chi connectivity index (χ0) is 32.6. The lowest BCUT2D eigenvalue weighted by atomic mass is 10.0. The summed E-state index contributed by atoms with van der Waals surface area (Å²) >= 11 is 0. The topological polar surface area (TPSA) is 116 Å². The van der Waals surface area contributed by atoms with E-state index >= 15 is 0 Å². The van der Waals surface area contributed by atoms with E-state index < -0.39 is 26.6 Å². The molecule has 0 radical (unpaired) electrons. The summed E-state index contributed by atoms with van der Waals surface area (Å²) < 4.78 is 15.9. The fourth-order valence-electron chi connectivity index (χ4n) is 5.93. The molecule has 8 heteroatoms. The highest BCUT2D eigenvalue weighted by atomic mass is 31.2. The second-order valence-electron chi connectivity index (χ2n) is 13.3. The van der Waals surface area contributed by atoms with Gasteiger partial charge in [0.1, 0.15) is 0 Å². The lowest BCUT2D eigenvalue weighted by Gasteiger charge is -2.24. The zero-order valence-electron chi connectivity index (χ0n) is 29.1. The Balaban J connectivity index is 3.92. The van der Waals surface area contributed by atoms with Gasteiger partial charge in [-0.3, -0.25) is 9.32 Å². The van der Waals surface area contributed by atoms with Crippen molar-refractivity contribution in [3.8, 4) is 0 Å². The summed E-state index contributed by atoms with van der Waals surface area (Å²) in [4.78, 5) is 30.8. The molecule has 0 saturated carbocycles. The van der Waals surface area contributed by atoms with E-state index in [0.29, 0.717) is 12.8 Å². The molecule has 264 valence electrons. The van der Waals surface area contributed by atoms with Crippen LogP contribution in [0, 0.1) is 0 Å². The summed E-state index contributed by atoms with van der Waals surface area (Å²) in [6.07, 6.45) is 35.1. The summed E-state index contributed by atoms with van der Waals surface area (Å²) in [5.41, 5.74) is 0. The van der Waals surface area contributed by atoms with Crippen LogP contribution in [0.3, 0.4) is 0 Å². The lowest BCUT2D eigenvalue weighted by molar-refractivity contribution is -0.123. The average molecular weight is 648 g/mol. The first kappa shape index (κ1) is 43.5. The molecule has 1 amide bonds. The van der Waals surface area contributed by atoms with Crippen molar-refractivity contribution < 1.29 is 28.8 Å². The molecule has 0 bridgehead atoms. The minimum atomic E-state index is -4.68. The van der Waals surface area contributed by atoms with Gasteiger partial charge in [0.25, 0.3) is 0 Å². The highest BCUT2D eigenvalue weighted by Crippen LogP contribution is 2.36. The molecule has 0 saturated heterocycles. The summed E-state index contributed by atoms with van der Waals surface area (Å²) in [5.74, 6) is -0.193. The molecule has 0 fully saturated rings. The van der Waals surface area contributed by atoms with Gasteiger partial charge in [0.05, 0.1) is 18.8 Å². The molecule has 0 aromatic rings. The van der Waals surface area contributed by atoms with Crippen molar-refractivity contribution in [3.05, 3.63) is 0 Å². The van der Waals surface area contributed by atoms with Gasteiger partial charge < -0.3 is 20.2 Å². The van der Waals surface area contributed by atoms with E-state index in [1.165, 1.54) is 141 Å². The molecule has 0 spiro atoms. The number of carbonyl (C=O) groups excluding carboxylic acids is 1. The van der Waals surface area contributed by atoms with Gasteiger partial charge >= 0.3 is 7.82 Å². The van der Waals surface area contributed by atoms with Crippen molar-refractivity contribution in [2.24, 2.45) is 0 Å². The highest BCUT2D eigenvalue weighted by molar-refractivity contribution is 7.46. The molecular formula is C36H74NO6P. The Morgan fingerprint density at radius 2 is 0.886 bits per heavy atom. The number of carbonyl (C=O) groups is 1. The fraction of sp³-hybridized carbons (Fsp3) is 0.972. The van der Waals surface area contributed by atoms with Crippen molar-refractivity contribution in [1.82, 2.24) is 5.32 Å². The maximum absolute atomic E-state index is 12.5. The van der Waals surface area contributed by atoms with Crippen LogP contribution in [-0.4, -0.2) is 39.6 Å². The molecule has 0 aliphatic rings. The van der Waals surface area contributed by atoms with Gasteiger partial charge in [0.2, 0.25) is 5.91 Å². The minimum Gasteiger partial charge on any atom is -0.391 e. The second kappa shape index (κ2) is 32.5. The Bertz CT molecular complexity index is 659. The minimum absolute atomic E-state index is 0.193. The molecule has 44 heavy (non-hydrogen) atoms. The van der Waals surface area contributed by atoms with Crippen LogP contribution in [0.2, 0.25) is 0 Å². The number of amides is 1. The van der Waals surface area contributed by atoms with Crippen LogP contribution in [0.25, 0.3) is 0 Å². The van der Waals surface area contributed by atoms with E-state index in [2.05, 4.69) is 23.7 Å². The Labute approximate surface area is 272 Å². The number of aliphatic hydroxyl groups excluding tert-OH is 1. The molecule has 0 heterocycles. The van der Waals surface area contributed by atoms with Gasteiger partial charge in [-0.15, -0.1) is 0 Å². The van der Waals surface area contributed by atoms with Gasteiger partial charge in [0.15, 0.2) is 0 Å². The number of rotatable bonds is 35. The van der Waals surface area contributed by atoms with Crippen LogP contribution in [0.15, 0.2) is 0 Å². The summed E-state index contributed by atoms with van der Waals surface area (Å²) in [7, 11) is -4.68. The number of nitrogens with one attached hydrogen (secondary N) is 1. The largest absolute Gasteiger partial charge is 0.469 e. The molecule has 0 unspecified atom stereocenters. The van der Waals surface area contributed by atoms with Gasteiger partial charge in [0, 0.05) is 6.42 Å². The van der Waals surface area contributed by atoms with Crippen LogP contribution in [0.1, 0.15) is 206 Å². The molecule has 0 aromatic carbocycles. The van der Waals surface area contributed by atoms with Gasteiger partial charge in [-0.25, -0.2) is 4.57 Å². The van der Waals surface area contributed by atoms with Gasteiger partial charge in [-0.2, -0.15) is 0 Å². The van der Waals surface area contributed by atoms with E-state index in [-0.39, 0.29) is 5.91 Å². The first-order valence-electron chi connectivity index (χ1n) is 19.0. The highest BCUT2D eigenvalue weighted by Gasteiger charge is 2.25. The molecule has 2 atom stereocenters. The Morgan fingerprint density at radius 3 is 1.23 bits per heavy atom. The van der Waals surface area contributed by atoms with E-state index in [4.69, 9.17) is 9.79 Å². The molecule has 4 N–H and O–H groups in total. The molecule has 0 rings (SSSR count). The number of phosphoric acid groups is 1. The number of phosphoric ester groups is 1. The number of hydrogen-bond donors (Lipinski definition) is 4. The van der Waals surface area contributed by atoms with Crippen molar-refractivity contribution >= 4 is 13.7 Å². The maximum atomic E-state index is 12.5. The van der Waals surface area contributed by atoms with E-state index in [0.717, 1.165) is 38.5 Å². The van der Waals surface area contributed by atoms with Gasteiger partial charge in [-0.1, -0.05) is 187 Å². The Morgan fingerprint density at radius 1 is 0.568 bits per heavy atom. The van der Waals surface area contributed by atoms with Crippen LogP contribution >= 0.6 is 7.82 Å². The van der Waals surface area contributed by atoms with Crippen molar-refractivity contribution in [1.29, 1.82) is 0 Å². The van der Waals surface area contributed by atoms with Crippen molar-refractivity contribution in [3.63, 3.8) is 0 Å². The summed E-state index contributed by atoms with van der Waals surface area (Å²) in [6.45, 7) is 4.11. The Kier molecular flexibility index (Phi) is 32.1. The molecule has 7 nitrogen and oxygen atoms in total. The van der Waals surface area contributed by atoms with Crippen LogP contribution in [0.4, 0.5) is 0 Å². The number of hydrogen-bond acceptors (Lipinski definition) is 4. The maximum Gasteiger partial charge on any atom is 0.469 e. The first-order chi connectivity index (χ1) is 21.3. The Hall–Kier alpha value is -0.460. The van der Waals surface area contributed by atoms with E-state index in [9.17, 15) is 14.5 Å². The second-order valence-corrected chi connectivity index (χ2v) is 14.5. The van der Waals surface area contributed by atoms with E-state index in [1.54, 1.807) is 0 Å². The quantitative estimate of drug-likeness (QED) is 0.0402. The van der Waals surface area contributed by atoms with Crippen LogP contribution in [0.5, 0.6) is 0 Å². The molecule has 0 aromatic heterocycles. The summed E-state index contributed by atoms with van der Waals surface area (Å²) in [5, 5.41) is 13.5. The fourth-order valence-corrected chi connectivity index (χ4v) is 6.29. The predicted molar refractivity (Wildman–Crippen MR) is 186 cm³/mol. The normalized spacial score (nSPS) is 13.3. The number of unbranched alkanes of at least 4 members (excludes halogenated alkanes) is 26. The summed E-state index contributed by atoms with van der Waals surface area (Å²) in [6, 6.07) is -0.816. The van der Waals surface area contributed by atoms with Crippen LogP contribution < -0.4 is 5.32 Å². The predicted octanol–water partition coefficient (Wildman–Crippen LogP) is 10.7. The van der Waals surface area contributed by atoms with Crippen molar-refractivity contribution in [2.75, 3.05) is 6.61 Å².